The lowest BCUT2D eigenvalue weighted by Gasteiger charge is -2.30. The Labute approximate surface area is 150 Å². The predicted molar refractivity (Wildman–Crippen MR) is 87.7 cm³/mol. The van der Waals surface area contributed by atoms with E-state index in [4.69, 9.17) is 4.74 Å². The molecule has 1 aromatic rings. The van der Waals surface area contributed by atoms with Crippen LogP contribution in [0.15, 0.2) is 0 Å². The third kappa shape index (κ3) is 3.55. The van der Waals surface area contributed by atoms with E-state index in [0.717, 1.165) is 4.68 Å². The van der Waals surface area contributed by atoms with Crippen molar-refractivity contribution in [2.45, 2.75) is 70.2 Å². The van der Waals surface area contributed by atoms with Gasteiger partial charge in [0.05, 0.1) is 25.4 Å². The van der Waals surface area contributed by atoms with Crippen molar-refractivity contribution in [2.75, 3.05) is 13.2 Å². The minimum absolute atomic E-state index is 0.00722. The summed E-state index contributed by atoms with van der Waals surface area (Å²) in [7, 11) is 0. The predicted octanol–water partition coefficient (Wildman–Crippen LogP) is 1.79. The van der Waals surface area contributed by atoms with Crippen molar-refractivity contribution >= 4 is 6.09 Å². The fourth-order valence-corrected chi connectivity index (χ4v) is 3.43. The highest BCUT2D eigenvalue weighted by Gasteiger charge is 2.47. The third-order valence-corrected chi connectivity index (χ3v) is 4.74. The summed E-state index contributed by atoms with van der Waals surface area (Å²) in [4.78, 5) is 13.7. The fraction of sp³-hybridized carbons (Fsp3) is 0.765. The van der Waals surface area contributed by atoms with E-state index < -0.39 is 36.2 Å². The average molecular weight is 373 g/mol. The summed E-state index contributed by atoms with van der Waals surface area (Å²) in [5.41, 5.74) is -1.76. The van der Waals surface area contributed by atoms with E-state index in [1.54, 1.807) is 20.8 Å². The van der Waals surface area contributed by atoms with Gasteiger partial charge in [-0.25, -0.2) is 4.79 Å². The van der Waals surface area contributed by atoms with Gasteiger partial charge >= 0.3 is 6.09 Å². The number of aromatic nitrogens is 2. The molecule has 146 valence electrons. The van der Waals surface area contributed by atoms with Crippen LogP contribution in [0.2, 0.25) is 0 Å². The van der Waals surface area contributed by atoms with E-state index in [-0.39, 0.29) is 25.2 Å². The Morgan fingerprint density at radius 1 is 1.35 bits per heavy atom. The molecule has 3 rings (SSSR count). The van der Waals surface area contributed by atoms with E-state index >= 15 is 0 Å². The average Bonchev–Trinajstić information content (AvgIpc) is 2.84. The molecule has 0 aromatic carbocycles. The van der Waals surface area contributed by atoms with Crippen LogP contribution in [0.1, 0.15) is 50.6 Å². The number of hydrogen-bond donors (Lipinski definition) is 2. The molecule has 0 aliphatic carbocycles. The summed E-state index contributed by atoms with van der Waals surface area (Å²) in [5.74, 6) is -3.20. The van der Waals surface area contributed by atoms with Crippen molar-refractivity contribution in [3.63, 3.8) is 0 Å². The molecule has 1 unspecified atom stereocenters. The van der Waals surface area contributed by atoms with Crippen LogP contribution in [0.25, 0.3) is 0 Å². The van der Waals surface area contributed by atoms with Gasteiger partial charge in [-0.3, -0.25) is 4.68 Å². The molecule has 9 heteroatoms. The molecule has 1 aromatic heterocycles. The molecular formula is C17H25F2N3O4. The van der Waals surface area contributed by atoms with Gasteiger partial charge in [0.25, 0.3) is 5.92 Å². The summed E-state index contributed by atoms with van der Waals surface area (Å²) < 4.78 is 36.0. The first-order valence-corrected chi connectivity index (χ1v) is 8.72. The van der Waals surface area contributed by atoms with Gasteiger partial charge in [-0.05, 0) is 27.2 Å². The molecule has 2 N–H and O–H groups in total. The first-order valence-electron chi connectivity index (χ1n) is 8.72. The number of aliphatic hydroxyl groups is 2. The standard InChI is InChI=1S/C17H25F2N3O4/c1-15(2,3)26-14(24)21-7-4-12-11(8-21)13-17(18,19)6-5-16(25,10-23)9-22(13)20-12/h23,25H,4-10H2,1-3H3. The highest BCUT2D eigenvalue weighted by Crippen LogP contribution is 2.42. The van der Waals surface area contributed by atoms with Crippen molar-refractivity contribution in [1.29, 1.82) is 0 Å². The van der Waals surface area contributed by atoms with Crippen LogP contribution in [0.5, 0.6) is 0 Å². The molecule has 26 heavy (non-hydrogen) atoms. The van der Waals surface area contributed by atoms with Crippen molar-refractivity contribution < 1.29 is 28.5 Å². The zero-order valence-electron chi connectivity index (χ0n) is 15.3. The summed E-state index contributed by atoms with van der Waals surface area (Å²) in [6, 6.07) is 0. The highest BCUT2D eigenvalue weighted by molar-refractivity contribution is 5.68. The number of fused-ring (bicyclic) bond motifs is 3. The molecule has 0 fully saturated rings. The topological polar surface area (TPSA) is 87.8 Å². The number of halogens is 2. The lowest BCUT2D eigenvalue weighted by molar-refractivity contribution is -0.0597. The fourth-order valence-electron chi connectivity index (χ4n) is 3.43. The van der Waals surface area contributed by atoms with Crippen LogP contribution in [0.3, 0.4) is 0 Å². The largest absolute Gasteiger partial charge is 0.444 e. The molecule has 1 amide bonds. The summed E-state index contributed by atoms with van der Waals surface area (Å²) in [6.07, 6.45) is -1.03. The van der Waals surface area contributed by atoms with Gasteiger partial charge in [-0.15, -0.1) is 0 Å². The Morgan fingerprint density at radius 2 is 2.04 bits per heavy atom. The quantitative estimate of drug-likeness (QED) is 0.784. The molecule has 1 atom stereocenters. The molecular weight excluding hydrogens is 348 g/mol. The second kappa shape index (κ2) is 6.16. The summed E-state index contributed by atoms with van der Waals surface area (Å²) in [5, 5.41) is 24.0. The van der Waals surface area contributed by atoms with Gasteiger partial charge in [0.2, 0.25) is 0 Å². The molecule has 0 saturated carbocycles. The van der Waals surface area contributed by atoms with Crippen molar-refractivity contribution in [2.24, 2.45) is 0 Å². The lowest BCUT2D eigenvalue weighted by Crippen LogP contribution is -2.40. The number of ether oxygens (including phenoxy) is 1. The Hall–Kier alpha value is -1.74. The normalized spacial score (nSPS) is 25.3. The maximum absolute atomic E-state index is 14.8. The molecule has 2 aliphatic heterocycles. The number of carbonyl (C=O) groups is 1. The monoisotopic (exact) mass is 373 g/mol. The SMILES string of the molecule is CC(C)(C)OC(=O)N1CCc2nn3c(c2C1)C(F)(F)CCC(O)(CO)C3. The van der Waals surface area contributed by atoms with Gasteiger partial charge in [-0.2, -0.15) is 13.9 Å². The molecule has 2 aliphatic rings. The summed E-state index contributed by atoms with van der Waals surface area (Å²) in [6.45, 7) is 4.74. The number of nitrogens with zero attached hydrogens (tertiary/aromatic N) is 3. The zero-order valence-corrected chi connectivity index (χ0v) is 15.3. The van der Waals surface area contributed by atoms with Gasteiger partial charge in [0.15, 0.2) is 0 Å². The van der Waals surface area contributed by atoms with Gasteiger partial charge in [0.1, 0.15) is 16.9 Å². The Morgan fingerprint density at radius 3 is 2.65 bits per heavy atom. The molecule has 0 saturated heterocycles. The number of alkyl halides is 2. The third-order valence-electron chi connectivity index (χ3n) is 4.74. The highest BCUT2D eigenvalue weighted by atomic mass is 19.3. The molecule has 7 nitrogen and oxygen atoms in total. The molecule has 3 heterocycles. The number of hydrogen-bond acceptors (Lipinski definition) is 5. The van der Waals surface area contributed by atoms with E-state index in [0.29, 0.717) is 24.2 Å². The van der Waals surface area contributed by atoms with E-state index in [9.17, 15) is 23.8 Å². The van der Waals surface area contributed by atoms with Crippen molar-refractivity contribution in [1.82, 2.24) is 14.7 Å². The minimum Gasteiger partial charge on any atom is -0.444 e. The van der Waals surface area contributed by atoms with Crippen LogP contribution in [-0.2, 0) is 30.2 Å². The molecule has 0 bridgehead atoms. The number of rotatable bonds is 1. The molecule has 0 radical (unpaired) electrons. The maximum atomic E-state index is 14.8. The van der Waals surface area contributed by atoms with E-state index in [2.05, 4.69) is 5.10 Å². The molecule has 0 spiro atoms. The van der Waals surface area contributed by atoms with Crippen LogP contribution < -0.4 is 0 Å². The van der Waals surface area contributed by atoms with E-state index in [1.165, 1.54) is 4.90 Å². The first kappa shape index (κ1) is 19.0. The Bertz CT molecular complexity index is 714. The van der Waals surface area contributed by atoms with Gasteiger partial charge < -0.3 is 19.8 Å². The second-order valence-electron chi connectivity index (χ2n) is 8.17. The smallest absolute Gasteiger partial charge is 0.410 e. The Balaban J connectivity index is 1.93. The second-order valence-corrected chi connectivity index (χ2v) is 8.17. The lowest BCUT2D eigenvalue weighted by atomic mass is 9.96. The van der Waals surface area contributed by atoms with Crippen molar-refractivity contribution in [3.8, 4) is 0 Å². The van der Waals surface area contributed by atoms with Crippen molar-refractivity contribution in [3.05, 3.63) is 17.0 Å². The number of amides is 1. The van der Waals surface area contributed by atoms with Crippen LogP contribution >= 0.6 is 0 Å². The minimum atomic E-state index is -3.20. The maximum Gasteiger partial charge on any atom is 0.410 e. The van der Waals surface area contributed by atoms with E-state index in [1.807, 2.05) is 0 Å². The number of aliphatic hydroxyl groups excluding tert-OH is 1. The summed E-state index contributed by atoms with van der Waals surface area (Å²) >= 11 is 0. The van der Waals surface area contributed by atoms with Crippen LogP contribution in [-0.4, -0.2) is 55.3 Å². The number of carbonyl (C=O) groups excluding carboxylic acids is 1. The zero-order chi connectivity index (χ0) is 19.3. The van der Waals surface area contributed by atoms with Crippen LogP contribution in [0.4, 0.5) is 13.6 Å². The first-order chi connectivity index (χ1) is 11.9. The Kier molecular flexibility index (Phi) is 4.51. The van der Waals surface area contributed by atoms with Gasteiger partial charge in [-0.1, -0.05) is 0 Å². The van der Waals surface area contributed by atoms with Crippen LogP contribution in [0, 0.1) is 0 Å². The van der Waals surface area contributed by atoms with Gasteiger partial charge in [0, 0.05) is 24.9 Å².